The number of rotatable bonds is 9. The van der Waals surface area contributed by atoms with Crippen LogP contribution in [0.5, 0.6) is 0 Å². The standard InChI is InChI=1S/C21H34N2O2/c1-17(2)21(25)22-20-9-7-8-19(16-20)18-10-13-23(14-11-18)12-5-3-4-6-15-24/h7-9,16-18,24H,3-6,10-15H2,1-2H3,(H,22,25). The zero-order valence-electron chi connectivity index (χ0n) is 15.8. The fraction of sp³-hybridized carbons (Fsp3) is 0.667. The number of nitrogens with zero attached hydrogens (tertiary/aromatic N) is 1. The summed E-state index contributed by atoms with van der Waals surface area (Å²) >= 11 is 0. The summed E-state index contributed by atoms with van der Waals surface area (Å²) in [5.74, 6) is 0.680. The Kier molecular flexibility index (Phi) is 8.42. The molecule has 0 spiro atoms. The Morgan fingerprint density at radius 2 is 1.92 bits per heavy atom. The smallest absolute Gasteiger partial charge is 0.226 e. The molecular formula is C21H34N2O2. The van der Waals surface area contributed by atoms with Crippen LogP contribution in [0.25, 0.3) is 0 Å². The first-order valence-corrected chi connectivity index (χ1v) is 9.84. The van der Waals surface area contributed by atoms with Crippen LogP contribution in [0, 0.1) is 5.92 Å². The van der Waals surface area contributed by atoms with E-state index in [1.54, 1.807) is 0 Å². The van der Waals surface area contributed by atoms with E-state index in [4.69, 9.17) is 5.11 Å². The van der Waals surface area contributed by atoms with Gasteiger partial charge in [-0.1, -0.05) is 38.8 Å². The van der Waals surface area contributed by atoms with Crippen LogP contribution in [0.1, 0.15) is 63.9 Å². The first kappa shape index (κ1) is 19.9. The van der Waals surface area contributed by atoms with Gasteiger partial charge in [-0.05, 0) is 68.9 Å². The molecule has 1 aliphatic heterocycles. The number of aliphatic hydroxyl groups excluding tert-OH is 1. The lowest BCUT2D eigenvalue weighted by Gasteiger charge is -2.32. The Balaban J connectivity index is 1.77. The summed E-state index contributed by atoms with van der Waals surface area (Å²) in [4.78, 5) is 14.4. The van der Waals surface area contributed by atoms with E-state index in [0.717, 1.165) is 31.6 Å². The van der Waals surface area contributed by atoms with Crippen molar-refractivity contribution in [2.24, 2.45) is 5.92 Å². The van der Waals surface area contributed by atoms with Crippen LogP contribution in [-0.4, -0.2) is 42.2 Å². The van der Waals surface area contributed by atoms with Crippen LogP contribution < -0.4 is 5.32 Å². The second-order valence-corrected chi connectivity index (χ2v) is 7.52. The van der Waals surface area contributed by atoms with Gasteiger partial charge < -0.3 is 15.3 Å². The van der Waals surface area contributed by atoms with Gasteiger partial charge in [0.15, 0.2) is 0 Å². The minimum atomic E-state index is 0.00396. The highest BCUT2D eigenvalue weighted by atomic mass is 16.2. The largest absolute Gasteiger partial charge is 0.396 e. The maximum atomic E-state index is 11.9. The highest BCUT2D eigenvalue weighted by Gasteiger charge is 2.20. The predicted molar refractivity (Wildman–Crippen MR) is 104 cm³/mol. The van der Waals surface area contributed by atoms with Crippen molar-refractivity contribution < 1.29 is 9.90 Å². The monoisotopic (exact) mass is 346 g/mol. The van der Waals surface area contributed by atoms with Gasteiger partial charge >= 0.3 is 0 Å². The molecular weight excluding hydrogens is 312 g/mol. The molecule has 1 aromatic rings. The Hall–Kier alpha value is -1.39. The number of amides is 1. The van der Waals surface area contributed by atoms with E-state index < -0.39 is 0 Å². The zero-order valence-corrected chi connectivity index (χ0v) is 15.8. The average Bonchev–Trinajstić information content (AvgIpc) is 2.62. The lowest BCUT2D eigenvalue weighted by molar-refractivity contribution is -0.118. The molecule has 1 saturated heterocycles. The summed E-state index contributed by atoms with van der Waals surface area (Å²) in [5, 5.41) is 11.8. The van der Waals surface area contributed by atoms with Gasteiger partial charge in [0.2, 0.25) is 5.91 Å². The summed E-state index contributed by atoms with van der Waals surface area (Å²) in [5.41, 5.74) is 2.27. The van der Waals surface area contributed by atoms with Gasteiger partial charge in [0.1, 0.15) is 0 Å². The topological polar surface area (TPSA) is 52.6 Å². The molecule has 2 N–H and O–H groups in total. The maximum Gasteiger partial charge on any atom is 0.226 e. The Morgan fingerprint density at radius 1 is 1.20 bits per heavy atom. The van der Waals surface area contributed by atoms with Crippen LogP contribution in [0.2, 0.25) is 0 Å². The predicted octanol–water partition coefficient (Wildman–Crippen LogP) is 4.01. The summed E-state index contributed by atoms with van der Waals surface area (Å²) < 4.78 is 0. The Labute approximate surface area is 152 Å². The van der Waals surface area contributed by atoms with Crippen molar-refractivity contribution in [1.82, 2.24) is 4.90 Å². The summed E-state index contributed by atoms with van der Waals surface area (Å²) in [6.45, 7) is 7.66. The van der Waals surface area contributed by atoms with Crippen molar-refractivity contribution in [3.63, 3.8) is 0 Å². The minimum Gasteiger partial charge on any atom is -0.396 e. The Bertz CT molecular complexity index is 522. The summed E-state index contributed by atoms with van der Waals surface area (Å²) in [6, 6.07) is 8.37. The normalized spacial score (nSPS) is 16.3. The highest BCUT2D eigenvalue weighted by Crippen LogP contribution is 2.29. The van der Waals surface area contributed by atoms with Gasteiger partial charge in [-0.3, -0.25) is 4.79 Å². The average molecular weight is 347 g/mol. The van der Waals surface area contributed by atoms with E-state index in [1.165, 1.54) is 37.8 Å². The third-order valence-electron chi connectivity index (χ3n) is 5.12. The van der Waals surface area contributed by atoms with Crippen molar-refractivity contribution in [2.45, 2.75) is 58.3 Å². The summed E-state index contributed by atoms with van der Waals surface area (Å²) in [6.07, 6.45) is 6.92. The number of anilines is 1. The molecule has 0 atom stereocenters. The van der Waals surface area contributed by atoms with Crippen molar-refractivity contribution >= 4 is 11.6 Å². The van der Waals surface area contributed by atoms with Gasteiger partial charge in [0, 0.05) is 18.2 Å². The van der Waals surface area contributed by atoms with E-state index in [2.05, 4.69) is 28.4 Å². The van der Waals surface area contributed by atoms with Crippen molar-refractivity contribution in [3.8, 4) is 0 Å². The van der Waals surface area contributed by atoms with E-state index in [0.29, 0.717) is 12.5 Å². The van der Waals surface area contributed by atoms with E-state index >= 15 is 0 Å². The number of nitrogens with one attached hydrogen (secondary N) is 1. The fourth-order valence-corrected chi connectivity index (χ4v) is 3.45. The molecule has 0 bridgehead atoms. The lowest BCUT2D eigenvalue weighted by Crippen LogP contribution is -2.33. The van der Waals surface area contributed by atoms with Crippen molar-refractivity contribution in [3.05, 3.63) is 29.8 Å². The molecule has 140 valence electrons. The molecule has 0 radical (unpaired) electrons. The SMILES string of the molecule is CC(C)C(=O)Nc1cccc(C2CCN(CCCCCCO)CC2)c1. The number of piperidine rings is 1. The third kappa shape index (κ3) is 6.79. The first-order valence-electron chi connectivity index (χ1n) is 9.84. The molecule has 4 nitrogen and oxygen atoms in total. The first-order chi connectivity index (χ1) is 12.1. The van der Waals surface area contributed by atoms with Crippen LogP contribution in [-0.2, 0) is 4.79 Å². The van der Waals surface area contributed by atoms with Crippen LogP contribution >= 0.6 is 0 Å². The molecule has 1 amide bonds. The van der Waals surface area contributed by atoms with Crippen molar-refractivity contribution in [1.29, 1.82) is 0 Å². The van der Waals surface area contributed by atoms with Gasteiger partial charge in [-0.15, -0.1) is 0 Å². The number of hydrogen-bond acceptors (Lipinski definition) is 3. The molecule has 1 fully saturated rings. The van der Waals surface area contributed by atoms with E-state index in [-0.39, 0.29) is 11.8 Å². The zero-order chi connectivity index (χ0) is 18.1. The molecule has 1 heterocycles. The molecule has 25 heavy (non-hydrogen) atoms. The number of aliphatic hydroxyl groups is 1. The quantitative estimate of drug-likeness (QED) is 0.664. The van der Waals surface area contributed by atoms with Gasteiger partial charge in [0.05, 0.1) is 0 Å². The number of unbranched alkanes of at least 4 members (excludes halogenated alkanes) is 3. The molecule has 1 aromatic carbocycles. The molecule has 0 saturated carbocycles. The molecule has 4 heteroatoms. The van der Waals surface area contributed by atoms with Gasteiger partial charge in [0.25, 0.3) is 0 Å². The Morgan fingerprint density at radius 3 is 2.60 bits per heavy atom. The van der Waals surface area contributed by atoms with Crippen LogP contribution in [0.15, 0.2) is 24.3 Å². The lowest BCUT2D eigenvalue weighted by atomic mass is 9.89. The number of likely N-dealkylation sites (tertiary alicyclic amines) is 1. The minimum absolute atomic E-state index is 0.00396. The van der Waals surface area contributed by atoms with Gasteiger partial charge in [-0.2, -0.15) is 0 Å². The molecule has 1 aliphatic rings. The number of hydrogen-bond donors (Lipinski definition) is 2. The molecule has 2 rings (SSSR count). The van der Waals surface area contributed by atoms with Crippen LogP contribution in [0.4, 0.5) is 5.69 Å². The van der Waals surface area contributed by atoms with E-state index in [9.17, 15) is 4.79 Å². The number of benzene rings is 1. The second kappa shape index (κ2) is 10.6. The second-order valence-electron chi connectivity index (χ2n) is 7.52. The van der Waals surface area contributed by atoms with Crippen LogP contribution in [0.3, 0.4) is 0 Å². The third-order valence-corrected chi connectivity index (χ3v) is 5.12. The fourth-order valence-electron chi connectivity index (χ4n) is 3.45. The van der Waals surface area contributed by atoms with Crippen molar-refractivity contribution in [2.75, 3.05) is 31.6 Å². The highest BCUT2D eigenvalue weighted by molar-refractivity contribution is 5.92. The van der Waals surface area contributed by atoms with Gasteiger partial charge in [-0.25, -0.2) is 0 Å². The number of carbonyl (C=O) groups excluding carboxylic acids is 1. The maximum absolute atomic E-state index is 11.9. The number of carbonyl (C=O) groups is 1. The van der Waals surface area contributed by atoms with E-state index in [1.807, 2.05) is 19.9 Å². The molecule has 0 unspecified atom stereocenters. The molecule has 0 aliphatic carbocycles. The molecule has 0 aromatic heterocycles. The summed E-state index contributed by atoms with van der Waals surface area (Å²) in [7, 11) is 0.